The Labute approximate surface area is 118 Å². The first-order valence-electron chi connectivity index (χ1n) is 7.00. The molecule has 2 rings (SSSR count). The molecule has 18 heavy (non-hydrogen) atoms. The molecule has 0 aliphatic heterocycles. The summed E-state index contributed by atoms with van der Waals surface area (Å²) in [6.07, 6.45) is 8.21. The van der Waals surface area contributed by atoms with E-state index in [0.29, 0.717) is 12.6 Å². The molecule has 0 spiro atoms. The van der Waals surface area contributed by atoms with Crippen molar-refractivity contribution < 1.29 is 0 Å². The van der Waals surface area contributed by atoms with E-state index >= 15 is 0 Å². The minimum atomic E-state index is 0.405. The SMILES string of the molecule is NCC(CC1CCCCC1)Nc1cccc(Br)c1. The van der Waals surface area contributed by atoms with Gasteiger partial charge in [0.05, 0.1) is 0 Å². The van der Waals surface area contributed by atoms with Crippen LogP contribution in [-0.2, 0) is 0 Å². The number of hydrogen-bond donors (Lipinski definition) is 2. The van der Waals surface area contributed by atoms with Crippen molar-refractivity contribution >= 4 is 21.6 Å². The molecule has 0 amide bonds. The molecule has 100 valence electrons. The summed E-state index contributed by atoms with van der Waals surface area (Å²) < 4.78 is 1.11. The molecule has 1 unspecified atom stereocenters. The quantitative estimate of drug-likeness (QED) is 0.857. The molecular weight excluding hydrogens is 288 g/mol. The number of halogens is 1. The van der Waals surface area contributed by atoms with Crippen molar-refractivity contribution in [1.29, 1.82) is 0 Å². The van der Waals surface area contributed by atoms with Crippen LogP contribution in [0.1, 0.15) is 38.5 Å². The molecule has 3 heteroatoms. The highest BCUT2D eigenvalue weighted by Crippen LogP contribution is 2.28. The number of hydrogen-bond acceptors (Lipinski definition) is 2. The van der Waals surface area contributed by atoms with E-state index in [1.165, 1.54) is 38.5 Å². The zero-order valence-corrected chi connectivity index (χ0v) is 12.5. The number of anilines is 1. The lowest BCUT2D eigenvalue weighted by Crippen LogP contribution is -2.31. The molecule has 1 atom stereocenters. The third kappa shape index (κ3) is 4.29. The van der Waals surface area contributed by atoms with Crippen molar-refractivity contribution in [3.05, 3.63) is 28.7 Å². The fraction of sp³-hybridized carbons (Fsp3) is 0.600. The highest BCUT2D eigenvalue weighted by Gasteiger charge is 2.18. The number of nitrogens with two attached hydrogens (primary N) is 1. The standard InChI is InChI=1S/C15H23BrN2/c16-13-7-4-8-14(10-13)18-15(11-17)9-12-5-2-1-3-6-12/h4,7-8,10,12,15,18H,1-3,5-6,9,11,17H2. The first kappa shape index (κ1) is 13.9. The zero-order valence-electron chi connectivity index (χ0n) is 10.9. The molecule has 0 aromatic heterocycles. The number of rotatable bonds is 5. The molecule has 1 aromatic carbocycles. The zero-order chi connectivity index (χ0) is 12.8. The molecule has 0 radical (unpaired) electrons. The van der Waals surface area contributed by atoms with Gasteiger partial charge in [0.2, 0.25) is 0 Å². The molecule has 1 saturated carbocycles. The summed E-state index contributed by atoms with van der Waals surface area (Å²) in [5.74, 6) is 0.868. The lowest BCUT2D eigenvalue weighted by atomic mass is 9.85. The van der Waals surface area contributed by atoms with Crippen LogP contribution in [0.15, 0.2) is 28.7 Å². The van der Waals surface area contributed by atoms with Crippen molar-refractivity contribution in [3.8, 4) is 0 Å². The smallest absolute Gasteiger partial charge is 0.0386 e. The maximum atomic E-state index is 5.90. The van der Waals surface area contributed by atoms with Crippen LogP contribution < -0.4 is 11.1 Å². The minimum Gasteiger partial charge on any atom is -0.381 e. The average molecular weight is 311 g/mol. The highest BCUT2D eigenvalue weighted by atomic mass is 79.9. The fourth-order valence-electron chi connectivity index (χ4n) is 2.85. The Kier molecular flexibility index (Phi) is 5.51. The Hall–Kier alpha value is -0.540. The summed E-state index contributed by atoms with van der Waals surface area (Å²) in [7, 11) is 0. The maximum Gasteiger partial charge on any atom is 0.0386 e. The van der Waals surface area contributed by atoms with Crippen molar-refractivity contribution in [1.82, 2.24) is 0 Å². The van der Waals surface area contributed by atoms with E-state index < -0.39 is 0 Å². The van der Waals surface area contributed by atoms with Gasteiger partial charge in [-0.25, -0.2) is 0 Å². The molecule has 3 N–H and O–H groups in total. The summed E-state index contributed by atoms with van der Waals surface area (Å²) in [5.41, 5.74) is 7.06. The second-order valence-corrected chi connectivity index (χ2v) is 6.24. The van der Waals surface area contributed by atoms with Gasteiger partial charge in [-0.05, 0) is 30.5 Å². The Morgan fingerprint density at radius 1 is 1.28 bits per heavy atom. The molecular formula is C15H23BrN2. The Morgan fingerprint density at radius 2 is 2.06 bits per heavy atom. The number of benzene rings is 1. The van der Waals surface area contributed by atoms with Crippen LogP contribution in [-0.4, -0.2) is 12.6 Å². The van der Waals surface area contributed by atoms with Crippen LogP contribution in [0, 0.1) is 5.92 Å². The molecule has 0 heterocycles. The van der Waals surface area contributed by atoms with E-state index in [-0.39, 0.29) is 0 Å². The van der Waals surface area contributed by atoms with Gasteiger partial charge < -0.3 is 11.1 Å². The van der Waals surface area contributed by atoms with E-state index in [4.69, 9.17) is 5.73 Å². The van der Waals surface area contributed by atoms with Gasteiger partial charge in [-0.1, -0.05) is 54.1 Å². The van der Waals surface area contributed by atoms with Gasteiger partial charge in [-0.2, -0.15) is 0 Å². The van der Waals surface area contributed by atoms with E-state index in [1.54, 1.807) is 0 Å². The first-order valence-corrected chi connectivity index (χ1v) is 7.79. The van der Waals surface area contributed by atoms with E-state index in [2.05, 4.69) is 39.4 Å². The van der Waals surface area contributed by atoms with Gasteiger partial charge in [-0.3, -0.25) is 0 Å². The van der Waals surface area contributed by atoms with Crippen LogP contribution >= 0.6 is 15.9 Å². The summed E-state index contributed by atoms with van der Waals surface area (Å²) in [4.78, 5) is 0. The minimum absolute atomic E-state index is 0.405. The monoisotopic (exact) mass is 310 g/mol. The summed E-state index contributed by atoms with van der Waals surface area (Å²) >= 11 is 3.50. The Bertz CT molecular complexity index is 361. The van der Waals surface area contributed by atoms with Crippen LogP contribution in [0.3, 0.4) is 0 Å². The fourth-order valence-corrected chi connectivity index (χ4v) is 3.25. The summed E-state index contributed by atoms with van der Waals surface area (Å²) in [6.45, 7) is 0.711. The summed E-state index contributed by atoms with van der Waals surface area (Å²) in [5, 5.41) is 3.56. The first-order chi connectivity index (χ1) is 8.78. The van der Waals surface area contributed by atoms with Crippen molar-refractivity contribution in [2.45, 2.75) is 44.6 Å². The van der Waals surface area contributed by atoms with Crippen LogP contribution in [0.4, 0.5) is 5.69 Å². The van der Waals surface area contributed by atoms with Crippen LogP contribution in [0.25, 0.3) is 0 Å². The third-order valence-corrected chi connectivity index (χ3v) is 4.32. The molecule has 1 aromatic rings. The lowest BCUT2D eigenvalue weighted by molar-refractivity contribution is 0.324. The predicted octanol–water partition coefficient (Wildman–Crippen LogP) is 4.16. The molecule has 2 nitrogen and oxygen atoms in total. The molecule has 1 aliphatic carbocycles. The van der Waals surface area contributed by atoms with Gasteiger partial charge in [0.1, 0.15) is 0 Å². The third-order valence-electron chi connectivity index (χ3n) is 3.82. The van der Waals surface area contributed by atoms with Crippen molar-refractivity contribution in [2.75, 3.05) is 11.9 Å². The second-order valence-electron chi connectivity index (χ2n) is 5.33. The van der Waals surface area contributed by atoms with E-state index in [1.807, 2.05) is 6.07 Å². The van der Waals surface area contributed by atoms with Crippen molar-refractivity contribution in [3.63, 3.8) is 0 Å². The van der Waals surface area contributed by atoms with E-state index in [9.17, 15) is 0 Å². The van der Waals surface area contributed by atoms with Crippen LogP contribution in [0.5, 0.6) is 0 Å². The number of nitrogens with one attached hydrogen (secondary N) is 1. The summed E-state index contributed by atoms with van der Waals surface area (Å²) in [6, 6.07) is 8.73. The lowest BCUT2D eigenvalue weighted by Gasteiger charge is -2.27. The Morgan fingerprint density at radius 3 is 2.72 bits per heavy atom. The van der Waals surface area contributed by atoms with Gasteiger partial charge in [-0.15, -0.1) is 0 Å². The predicted molar refractivity (Wildman–Crippen MR) is 81.8 cm³/mol. The topological polar surface area (TPSA) is 38.0 Å². The van der Waals surface area contributed by atoms with Gasteiger partial charge in [0.25, 0.3) is 0 Å². The van der Waals surface area contributed by atoms with Gasteiger partial charge in [0.15, 0.2) is 0 Å². The molecule has 0 saturated heterocycles. The van der Waals surface area contributed by atoms with Gasteiger partial charge in [0, 0.05) is 22.7 Å². The van der Waals surface area contributed by atoms with Gasteiger partial charge >= 0.3 is 0 Å². The Balaban J connectivity index is 1.88. The normalized spacial score (nSPS) is 18.6. The average Bonchev–Trinajstić information content (AvgIpc) is 2.39. The van der Waals surface area contributed by atoms with Crippen molar-refractivity contribution in [2.24, 2.45) is 11.7 Å². The molecule has 0 bridgehead atoms. The molecule has 1 aliphatic rings. The second kappa shape index (κ2) is 7.15. The van der Waals surface area contributed by atoms with Crippen LogP contribution in [0.2, 0.25) is 0 Å². The maximum absolute atomic E-state index is 5.90. The molecule has 1 fully saturated rings. The highest BCUT2D eigenvalue weighted by molar-refractivity contribution is 9.10. The largest absolute Gasteiger partial charge is 0.381 e. The van der Waals surface area contributed by atoms with E-state index in [0.717, 1.165) is 16.1 Å².